The van der Waals surface area contributed by atoms with Crippen molar-refractivity contribution in [2.75, 3.05) is 6.61 Å². The van der Waals surface area contributed by atoms with E-state index in [1.807, 2.05) is 28.3 Å². The number of halogens is 2. The number of hydrogen-bond donors (Lipinski definition) is 0. The molecule has 2 aromatic carbocycles. The zero-order valence-electron chi connectivity index (χ0n) is 16.5. The molecular weight excluding hydrogens is 402 g/mol. The SMILES string of the molecule is Cc1ccc2c(c1)-n1nncc1Cc1c(C3=N[C@@H](c4cc(F)ccc4F)CO3)ncn1-2. The average molecular weight is 418 g/mol. The first-order valence-electron chi connectivity index (χ1n) is 9.81. The second-order valence-electron chi connectivity index (χ2n) is 7.64. The molecule has 0 aliphatic carbocycles. The smallest absolute Gasteiger partial charge is 0.238 e. The summed E-state index contributed by atoms with van der Waals surface area (Å²) in [5, 5.41) is 8.33. The maximum Gasteiger partial charge on any atom is 0.238 e. The summed E-state index contributed by atoms with van der Waals surface area (Å²) in [5.41, 5.74) is 5.43. The van der Waals surface area contributed by atoms with Crippen LogP contribution in [0.5, 0.6) is 0 Å². The summed E-state index contributed by atoms with van der Waals surface area (Å²) in [6.45, 7) is 2.14. The first-order valence-corrected chi connectivity index (χ1v) is 9.81. The molecule has 0 spiro atoms. The fourth-order valence-electron chi connectivity index (χ4n) is 4.12. The molecule has 7 nitrogen and oxygen atoms in total. The first kappa shape index (κ1) is 17.9. The Balaban J connectivity index is 1.47. The Morgan fingerprint density at radius 3 is 2.90 bits per heavy atom. The van der Waals surface area contributed by atoms with E-state index in [-0.39, 0.29) is 12.2 Å². The number of rotatable bonds is 2. The van der Waals surface area contributed by atoms with Gasteiger partial charge in [0.05, 0.1) is 29.0 Å². The molecule has 0 saturated heterocycles. The van der Waals surface area contributed by atoms with Crippen LogP contribution >= 0.6 is 0 Å². The van der Waals surface area contributed by atoms with E-state index in [1.165, 1.54) is 0 Å². The highest BCUT2D eigenvalue weighted by Gasteiger charge is 2.30. The lowest BCUT2D eigenvalue weighted by atomic mass is 10.1. The van der Waals surface area contributed by atoms with E-state index in [0.29, 0.717) is 18.0 Å². The number of nitrogens with zero attached hydrogens (tertiary/aromatic N) is 6. The van der Waals surface area contributed by atoms with Crippen molar-refractivity contribution < 1.29 is 13.5 Å². The van der Waals surface area contributed by atoms with Crippen LogP contribution in [-0.4, -0.2) is 37.0 Å². The van der Waals surface area contributed by atoms with Gasteiger partial charge in [0.15, 0.2) is 0 Å². The molecule has 1 atom stereocenters. The van der Waals surface area contributed by atoms with Crippen molar-refractivity contribution in [3.63, 3.8) is 0 Å². The molecule has 0 amide bonds. The molecule has 0 saturated carbocycles. The molecule has 0 fully saturated rings. The maximum atomic E-state index is 14.2. The van der Waals surface area contributed by atoms with Crippen LogP contribution in [0, 0.1) is 18.6 Å². The number of fused-ring (bicyclic) bond motifs is 5. The third-order valence-corrected chi connectivity index (χ3v) is 5.62. The van der Waals surface area contributed by atoms with Crippen molar-refractivity contribution in [1.82, 2.24) is 24.5 Å². The van der Waals surface area contributed by atoms with Crippen LogP contribution in [0.25, 0.3) is 11.4 Å². The highest BCUT2D eigenvalue weighted by atomic mass is 19.1. The van der Waals surface area contributed by atoms with Crippen molar-refractivity contribution >= 4 is 5.90 Å². The first-order chi connectivity index (χ1) is 15.1. The minimum absolute atomic E-state index is 0.122. The van der Waals surface area contributed by atoms with Crippen molar-refractivity contribution in [2.24, 2.45) is 4.99 Å². The zero-order chi connectivity index (χ0) is 21.1. The molecule has 9 heteroatoms. The van der Waals surface area contributed by atoms with Gasteiger partial charge in [-0.05, 0) is 42.8 Å². The zero-order valence-corrected chi connectivity index (χ0v) is 16.5. The molecule has 2 aliphatic heterocycles. The molecule has 6 rings (SSSR count). The fraction of sp³-hybridized carbons (Fsp3) is 0.182. The third kappa shape index (κ3) is 2.77. The molecule has 4 heterocycles. The van der Waals surface area contributed by atoms with Crippen LogP contribution in [-0.2, 0) is 11.2 Å². The summed E-state index contributed by atoms with van der Waals surface area (Å²) < 4.78 is 37.5. The quantitative estimate of drug-likeness (QED) is 0.440. The van der Waals surface area contributed by atoms with Gasteiger partial charge in [-0.25, -0.2) is 23.4 Å². The molecule has 2 aliphatic rings. The lowest BCUT2D eigenvalue weighted by molar-refractivity contribution is 0.316. The number of aryl methyl sites for hydroxylation is 1. The molecule has 0 bridgehead atoms. The normalized spacial score (nSPS) is 16.7. The maximum absolute atomic E-state index is 14.2. The summed E-state index contributed by atoms with van der Waals surface area (Å²) in [7, 11) is 0. The number of hydrogen-bond acceptors (Lipinski definition) is 5. The van der Waals surface area contributed by atoms with E-state index < -0.39 is 17.7 Å². The Bertz CT molecular complexity index is 1370. The van der Waals surface area contributed by atoms with Crippen molar-refractivity contribution in [3.05, 3.63) is 88.8 Å². The topological polar surface area (TPSA) is 70.1 Å². The van der Waals surface area contributed by atoms with Gasteiger partial charge < -0.3 is 4.74 Å². The van der Waals surface area contributed by atoms with Crippen molar-refractivity contribution in [3.8, 4) is 11.4 Å². The molecule has 4 aromatic rings. The van der Waals surface area contributed by atoms with Crippen LogP contribution in [0.1, 0.15) is 34.3 Å². The monoisotopic (exact) mass is 418 g/mol. The van der Waals surface area contributed by atoms with Gasteiger partial charge in [0.25, 0.3) is 0 Å². The number of imidazole rings is 1. The lowest BCUT2D eigenvalue weighted by Crippen LogP contribution is -2.08. The third-order valence-electron chi connectivity index (χ3n) is 5.62. The summed E-state index contributed by atoms with van der Waals surface area (Å²) in [6, 6.07) is 8.81. The fourth-order valence-corrected chi connectivity index (χ4v) is 4.12. The van der Waals surface area contributed by atoms with Gasteiger partial charge in [-0.15, -0.1) is 5.10 Å². The minimum atomic E-state index is -0.629. The molecular formula is C22H16F2N6O. The molecule has 2 aromatic heterocycles. The Labute approximate surface area is 175 Å². The van der Waals surface area contributed by atoms with Crippen LogP contribution < -0.4 is 0 Å². The Morgan fingerprint density at radius 2 is 2.00 bits per heavy atom. The number of aliphatic imine (C=N–C) groups is 1. The summed E-state index contributed by atoms with van der Waals surface area (Å²) in [6.07, 6.45) is 3.96. The van der Waals surface area contributed by atoms with Crippen LogP contribution in [0.4, 0.5) is 8.78 Å². The van der Waals surface area contributed by atoms with E-state index >= 15 is 0 Å². The van der Waals surface area contributed by atoms with Crippen molar-refractivity contribution in [1.29, 1.82) is 0 Å². The molecule has 31 heavy (non-hydrogen) atoms. The molecule has 0 unspecified atom stereocenters. The van der Waals surface area contributed by atoms with Gasteiger partial charge in [-0.2, -0.15) is 0 Å². The van der Waals surface area contributed by atoms with E-state index in [9.17, 15) is 8.78 Å². The Morgan fingerprint density at radius 1 is 1.10 bits per heavy atom. The summed E-state index contributed by atoms with van der Waals surface area (Å²) in [4.78, 5) is 9.09. The number of ether oxygens (including phenoxy) is 1. The van der Waals surface area contributed by atoms with Gasteiger partial charge in [-0.3, -0.25) is 4.57 Å². The number of benzene rings is 2. The van der Waals surface area contributed by atoms with E-state index in [4.69, 9.17) is 4.74 Å². The summed E-state index contributed by atoms with van der Waals surface area (Å²) in [5.74, 6) is -0.705. The van der Waals surface area contributed by atoms with E-state index in [0.717, 1.165) is 46.5 Å². The predicted molar refractivity (Wildman–Crippen MR) is 108 cm³/mol. The van der Waals surface area contributed by atoms with Crippen LogP contribution in [0.15, 0.2) is 53.9 Å². The largest absolute Gasteiger partial charge is 0.474 e. The van der Waals surface area contributed by atoms with Gasteiger partial charge in [0, 0.05) is 12.0 Å². The Hall–Kier alpha value is -3.88. The van der Waals surface area contributed by atoms with Gasteiger partial charge in [0.2, 0.25) is 5.90 Å². The van der Waals surface area contributed by atoms with Gasteiger partial charge in [-0.1, -0.05) is 11.3 Å². The second-order valence-corrected chi connectivity index (χ2v) is 7.64. The highest BCUT2D eigenvalue weighted by Crippen LogP contribution is 2.32. The average Bonchev–Trinajstić information content (AvgIpc) is 3.49. The number of aromatic nitrogens is 5. The van der Waals surface area contributed by atoms with Crippen molar-refractivity contribution in [2.45, 2.75) is 19.4 Å². The predicted octanol–water partition coefficient (Wildman–Crippen LogP) is 3.46. The van der Waals surface area contributed by atoms with E-state index in [2.05, 4.69) is 26.4 Å². The minimum Gasteiger partial charge on any atom is -0.474 e. The highest BCUT2D eigenvalue weighted by molar-refractivity contribution is 5.95. The van der Waals surface area contributed by atoms with Crippen LogP contribution in [0.3, 0.4) is 0 Å². The van der Waals surface area contributed by atoms with E-state index in [1.54, 1.807) is 12.5 Å². The second kappa shape index (κ2) is 6.56. The molecule has 154 valence electrons. The van der Waals surface area contributed by atoms with Crippen LogP contribution in [0.2, 0.25) is 0 Å². The lowest BCUT2D eigenvalue weighted by Gasteiger charge is -2.10. The summed E-state index contributed by atoms with van der Waals surface area (Å²) >= 11 is 0. The molecule has 0 N–H and O–H groups in total. The Kier molecular flexibility index (Phi) is 3.80. The van der Waals surface area contributed by atoms with Gasteiger partial charge in [0.1, 0.15) is 36.3 Å². The standard InChI is InChI=1S/C22H16F2N6O/c1-12-2-5-18-19(6-12)30-14(9-26-28-30)8-20-21(25-11-29(18)20)22-27-17(10-31-22)15-7-13(23)3-4-16(15)24/h2-7,9,11,17H,8,10H2,1H3/t17-/m1/s1. The van der Waals surface area contributed by atoms with Gasteiger partial charge >= 0.3 is 0 Å². The molecule has 0 radical (unpaired) electrons.